The van der Waals surface area contributed by atoms with E-state index >= 15 is 0 Å². The second-order valence-electron chi connectivity index (χ2n) is 5.80. The van der Waals surface area contributed by atoms with Crippen LogP contribution in [-0.2, 0) is 23.1 Å². The molecule has 0 amide bonds. The number of sulfonamides is 1. The Morgan fingerprint density at radius 3 is 2.46 bits per heavy atom. The molecule has 3 heterocycles. The zero-order valence-corrected chi connectivity index (χ0v) is 15.0. The van der Waals surface area contributed by atoms with Gasteiger partial charge in [0.05, 0.1) is 4.90 Å². The SMILES string of the molecule is Cc1csc(=O)n1CCn1cc(S(=O)(=O)N2CCCC2)ccc1=O. The van der Waals surface area contributed by atoms with Crippen molar-refractivity contribution in [2.45, 2.75) is 37.8 Å². The summed E-state index contributed by atoms with van der Waals surface area (Å²) in [6.07, 6.45) is 3.10. The lowest BCUT2D eigenvalue weighted by molar-refractivity contribution is 0.475. The van der Waals surface area contributed by atoms with Gasteiger partial charge in [0.25, 0.3) is 5.56 Å². The molecule has 3 rings (SSSR count). The molecule has 1 fully saturated rings. The molecule has 2 aromatic heterocycles. The van der Waals surface area contributed by atoms with Gasteiger partial charge >= 0.3 is 4.87 Å². The van der Waals surface area contributed by atoms with Gasteiger partial charge in [-0.15, -0.1) is 0 Å². The van der Waals surface area contributed by atoms with Gasteiger partial charge < -0.3 is 9.13 Å². The summed E-state index contributed by atoms with van der Waals surface area (Å²) >= 11 is 1.11. The molecule has 24 heavy (non-hydrogen) atoms. The van der Waals surface area contributed by atoms with E-state index in [1.54, 1.807) is 9.95 Å². The topological polar surface area (TPSA) is 81.4 Å². The van der Waals surface area contributed by atoms with Gasteiger partial charge in [-0.3, -0.25) is 9.59 Å². The highest BCUT2D eigenvalue weighted by molar-refractivity contribution is 7.89. The lowest BCUT2D eigenvalue weighted by Crippen LogP contribution is -2.30. The molecule has 0 unspecified atom stereocenters. The van der Waals surface area contributed by atoms with Gasteiger partial charge in [-0.05, 0) is 25.8 Å². The summed E-state index contributed by atoms with van der Waals surface area (Å²) in [5.41, 5.74) is 0.551. The zero-order chi connectivity index (χ0) is 17.3. The molecule has 1 saturated heterocycles. The predicted molar refractivity (Wildman–Crippen MR) is 92.0 cm³/mol. The number of rotatable bonds is 5. The number of hydrogen-bond acceptors (Lipinski definition) is 5. The first-order valence-electron chi connectivity index (χ1n) is 7.75. The smallest absolute Gasteiger partial charge is 0.307 e. The summed E-state index contributed by atoms with van der Waals surface area (Å²) in [5, 5.41) is 1.76. The minimum atomic E-state index is -3.56. The highest BCUT2D eigenvalue weighted by Gasteiger charge is 2.27. The average molecular weight is 369 g/mol. The molecule has 0 bridgehead atoms. The van der Waals surface area contributed by atoms with Crippen molar-refractivity contribution < 1.29 is 8.42 Å². The predicted octanol–water partition coefficient (Wildman–Crippen LogP) is 0.865. The summed E-state index contributed by atoms with van der Waals surface area (Å²) in [6, 6.07) is 2.63. The maximum atomic E-state index is 12.6. The zero-order valence-electron chi connectivity index (χ0n) is 13.3. The lowest BCUT2D eigenvalue weighted by Gasteiger charge is -2.16. The van der Waals surface area contributed by atoms with E-state index in [4.69, 9.17) is 0 Å². The van der Waals surface area contributed by atoms with Crippen LogP contribution in [0.25, 0.3) is 0 Å². The minimum Gasteiger partial charge on any atom is -0.312 e. The molecule has 1 aliphatic heterocycles. The molecular formula is C15H19N3O4S2. The largest absolute Gasteiger partial charge is 0.312 e. The molecule has 130 valence electrons. The monoisotopic (exact) mass is 369 g/mol. The van der Waals surface area contributed by atoms with E-state index in [0.717, 1.165) is 29.9 Å². The van der Waals surface area contributed by atoms with E-state index in [1.807, 2.05) is 6.92 Å². The number of hydrogen-bond donors (Lipinski definition) is 0. The van der Waals surface area contributed by atoms with Gasteiger partial charge in [-0.2, -0.15) is 4.31 Å². The summed E-state index contributed by atoms with van der Waals surface area (Å²) in [4.78, 5) is 23.8. The van der Waals surface area contributed by atoms with Crippen LogP contribution in [0.15, 0.2) is 38.2 Å². The van der Waals surface area contributed by atoms with Crippen LogP contribution >= 0.6 is 11.3 Å². The number of pyridine rings is 1. The second-order valence-corrected chi connectivity index (χ2v) is 8.56. The Morgan fingerprint density at radius 1 is 1.12 bits per heavy atom. The van der Waals surface area contributed by atoms with Crippen molar-refractivity contribution in [3.8, 4) is 0 Å². The fourth-order valence-corrected chi connectivity index (χ4v) is 5.10. The highest BCUT2D eigenvalue weighted by Crippen LogP contribution is 2.19. The molecule has 0 radical (unpaired) electrons. The van der Waals surface area contributed by atoms with Crippen molar-refractivity contribution in [1.82, 2.24) is 13.4 Å². The van der Waals surface area contributed by atoms with Gasteiger partial charge in [-0.25, -0.2) is 8.42 Å². The molecule has 0 saturated carbocycles. The average Bonchev–Trinajstić information content (AvgIpc) is 3.18. The number of aryl methyl sites for hydroxylation is 2. The first kappa shape index (κ1) is 17.1. The molecular weight excluding hydrogens is 350 g/mol. The Hall–Kier alpha value is -1.71. The van der Waals surface area contributed by atoms with Crippen molar-refractivity contribution in [2.75, 3.05) is 13.1 Å². The second kappa shape index (κ2) is 6.66. The number of aromatic nitrogens is 2. The summed E-state index contributed by atoms with van der Waals surface area (Å²) in [5.74, 6) is 0. The Bertz CT molecular complexity index is 950. The summed E-state index contributed by atoms with van der Waals surface area (Å²) in [7, 11) is -3.56. The van der Waals surface area contributed by atoms with Gasteiger partial charge in [0.15, 0.2) is 0 Å². The Kier molecular flexibility index (Phi) is 4.75. The van der Waals surface area contributed by atoms with Crippen molar-refractivity contribution in [3.63, 3.8) is 0 Å². The van der Waals surface area contributed by atoms with Crippen LogP contribution in [0.4, 0.5) is 0 Å². The van der Waals surface area contributed by atoms with Gasteiger partial charge in [0, 0.05) is 49.5 Å². The van der Waals surface area contributed by atoms with E-state index in [-0.39, 0.29) is 21.9 Å². The summed E-state index contributed by atoms with van der Waals surface area (Å²) < 4.78 is 29.6. The first-order valence-corrected chi connectivity index (χ1v) is 10.1. The maximum Gasteiger partial charge on any atom is 0.307 e. The van der Waals surface area contributed by atoms with E-state index < -0.39 is 10.0 Å². The van der Waals surface area contributed by atoms with Crippen LogP contribution in [0.3, 0.4) is 0 Å². The molecule has 0 N–H and O–H groups in total. The van der Waals surface area contributed by atoms with Crippen LogP contribution < -0.4 is 10.4 Å². The van der Waals surface area contributed by atoms with Crippen LogP contribution in [0.2, 0.25) is 0 Å². The molecule has 0 spiro atoms. The van der Waals surface area contributed by atoms with E-state index in [1.165, 1.54) is 27.2 Å². The van der Waals surface area contributed by atoms with E-state index in [0.29, 0.717) is 19.6 Å². The van der Waals surface area contributed by atoms with Crippen molar-refractivity contribution in [3.05, 3.63) is 49.4 Å². The van der Waals surface area contributed by atoms with Crippen LogP contribution in [0.5, 0.6) is 0 Å². The molecule has 2 aromatic rings. The number of thiazole rings is 1. The van der Waals surface area contributed by atoms with Crippen molar-refractivity contribution in [1.29, 1.82) is 0 Å². The molecule has 0 aliphatic carbocycles. The molecule has 0 aromatic carbocycles. The van der Waals surface area contributed by atoms with Crippen molar-refractivity contribution in [2.24, 2.45) is 0 Å². The van der Waals surface area contributed by atoms with Gasteiger partial charge in [0.2, 0.25) is 10.0 Å². The standard InChI is InChI=1S/C15H19N3O4S2/c1-12-11-23-15(20)18(12)9-8-16-10-13(4-5-14(16)19)24(21,22)17-6-2-3-7-17/h4-5,10-11H,2-3,6-9H2,1H3. The third kappa shape index (κ3) is 3.24. The first-order chi connectivity index (χ1) is 11.4. The lowest BCUT2D eigenvalue weighted by atomic mass is 10.4. The molecule has 0 atom stereocenters. The normalized spacial score (nSPS) is 15.9. The fraction of sp³-hybridized carbons (Fsp3) is 0.467. The van der Waals surface area contributed by atoms with Crippen molar-refractivity contribution >= 4 is 21.4 Å². The van der Waals surface area contributed by atoms with Crippen LogP contribution in [0.1, 0.15) is 18.5 Å². The van der Waals surface area contributed by atoms with Crippen LogP contribution in [0, 0.1) is 6.92 Å². The maximum absolute atomic E-state index is 12.6. The molecule has 7 nitrogen and oxygen atoms in total. The van der Waals surface area contributed by atoms with Crippen LogP contribution in [-0.4, -0.2) is 34.9 Å². The molecule has 9 heteroatoms. The third-order valence-electron chi connectivity index (χ3n) is 4.20. The summed E-state index contributed by atoms with van der Waals surface area (Å²) in [6.45, 7) is 3.45. The van der Waals surface area contributed by atoms with E-state index in [2.05, 4.69) is 0 Å². The van der Waals surface area contributed by atoms with E-state index in [9.17, 15) is 18.0 Å². The third-order valence-corrected chi connectivity index (χ3v) is 6.96. The van der Waals surface area contributed by atoms with Gasteiger partial charge in [-0.1, -0.05) is 11.3 Å². The Labute approximate surface area is 143 Å². The number of nitrogens with zero attached hydrogens (tertiary/aromatic N) is 3. The molecule has 1 aliphatic rings. The minimum absolute atomic E-state index is 0.0820. The quantitative estimate of drug-likeness (QED) is 0.783. The fourth-order valence-electron chi connectivity index (χ4n) is 2.80. The highest BCUT2D eigenvalue weighted by atomic mass is 32.2. The van der Waals surface area contributed by atoms with Gasteiger partial charge in [0.1, 0.15) is 0 Å². The Balaban J connectivity index is 1.87. The Morgan fingerprint density at radius 2 is 1.83 bits per heavy atom.